The molecular formula is C16H23F3N2. The molecule has 1 aliphatic heterocycles. The Hall–Kier alpha value is -1.23. The summed E-state index contributed by atoms with van der Waals surface area (Å²) in [5.41, 5.74) is -0.211. The highest BCUT2D eigenvalue weighted by Gasteiger charge is 2.36. The van der Waals surface area contributed by atoms with Crippen LogP contribution in [0.5, 0.6) is 0 Å². The summed E-state index contributed by atoms with van der Waals surface area (Å²) in [5, 5.41) is 3.39. The van der Waals surface area contributed by atoms with Gasteiger partial charge in [0.15, 0.2) is 0 Å². The van der Waals surface area contributed by atoms with Crippen LogP contribution in [0.25, 0.3) is 0 Å². The first-order valence-corrected chi connectivity index (χ1v) is 7.50. The quantitative estimate of drug-likeness (QED) is 0.890. The maximum absolute atomic E-state index is 13.1. The van der Waals surface area contributed by atoms with Crippen LogP contribution >= 0.6 is 0 Å². The number of anilines is 1. The Labute approximate surface area is 124 Å². The first-order valence-electron chi connectivity index (χ1n) is 7.50. The van der Waals surface area contributed by atoms with E-state index in [2.05, 4.69) is 19.2 Å². The van der Waals surface area contributed by atoms with Gasteiger partial charge < -0.3 is 10.2 Å². The molecule has 0 bridgehead atoms. The van der Waals surface area contributed by atoms with Gasteiger partial charge in [-0.25, -0.2) is 0 Å². The second-order valence-corrected chi connectivity index (χ2v) is 6.17. The van der Waals surface area contributed by atoms with Gasteiger partial charge in [-0.1, -0.05) is 26.0 Å². The van der Waals surface area contributed by atoms with Crippen molar-refractivity contribution in [1.29, 1.82) is 0 Å². The van der Waals surface area contributed by atoms with E-state index in [1.807, 2.05) is 4.90 Å². The predicted octanol–water partition coefficient (Wildman–Crippen LogP) is 3.78. The van der Waals surface area contributed by atoms with Crippen LogP contribution in [0.2, 0.25) is 0 Å². The van der Waals surface area contributed by atoms with Crippen LogP contribution in [0.3, 0.4) is 0 Å². The summed E-state index contributed by atoms with van der Waals surface area (Å²) >= 11 is 0. The van der Waals surface area contributed by atoms with Crippen LogP contribution in [-0.2, 0) is 6.18 Å². The second kappa shape index (κ2) is 6.69. The normalized spacial score (nSPS) is 19.5. The van der Waals surface area contributed by atoms with Crippen molar-refractivity contribution >= 4 is 5.69 Å². The summed E-state index contributed by atoms with van der Waals surface area (Å²) in [6.45, 7) is 7.51. The Bertz CT molecular complexity index is 457. The van der Waals surface area contributed by atoms with Crippen LogP contribution in [-0.4, -0.2) is 26.2 Å². The molecule has 0 saturated carbocycles. The topological polar surface area (TPSA) is 15.3 Å². The van der Waals surface area contributed by atoms with E-state index >= 15 is 0 Å². The monoisotopic (exact) mass is 300 g/mol. The lowest BCUT2D eigenvalue weighted by Crippen LogP contribution is -2.29. The average Bonchev–Trinajstić information content (AvgIpc) is 2.86. The highest BCUT2D eigenvalue weighted by atomic mass is 19.4. The number of rotatable bonds is 5. The molecule has 2 nitrogen and oxygen atoms in total. The number of nitrogens with zero attached hydrogens (tertiary/aromatic N) is 1. The van der Waals surface area contributed by atoms with Crippen LogP contribution < -0.4 is 10.2 Å². The van der Waals surface area contributed by atoms with Gasteiger partial charge in [-0.15, -0.1) is 0 Å². The van der Waals surface area contributed by atoms with Crippen LogP contribution in [0.1, 0.15) is 25.8 Å². The smallest absolute Gasteiger partial charge is 0.371 e. The van der Waals surface area contributed by atoms with Crippen molar-refractivity contribution in [3.05, 3.63) is 29.8 Å². The zero-order valence-electron chi connectivity index (χ0n) is 12.6. The zero-order valence-corrected chi connectivity index (χ0v) is 12.6. The third kappa shape index (κ3) is 4.37. The van der Waals surface area contributed by atoms with Gasteiger partial charge in [0.05, 0.1) is 5.56 Å². The number of benzene rings is 1. The van der Waals surface area contributed by atoms with E-state index in [0.29, 0.717) is 30.6 Å². The van der Waals surface area contributed by atoms with E-state index in [1.54, 1.807) is 12.1 Å². The highest BCUT2D eigenvalue weighted by Crippen LogP contribution is 2.38. The largest absolute Gasteiger partial charge is 0.418 e. The van der Waals surface area contributed by atoms with Crippen molar-refractivity contribution in [1.82, 2.24) is 5.32 Å². The molecule has 5 heteroatoms. The van der Waals surface area contributed by atoms with Crippen LogP contribution in [0.15, 0.2) is 24.3 Å². The van der Waals surface area contributed by atoms with Crippen molar-refractivity contribution < 1.29 is 13.2 Å². The highest BCUT2D eigenvalue weighted by molar-refractivity contribution is 5.55. The van der Waals surface area contributed by atoms with E-state index in [1.165, 1.54) is 12.1 Å². The number of halogens is 3. The van der Waals surface area contributed by atoms with Crippen molar-refractivity contribution in [3.8, 4) is 0 Å². The summed E-state index contributed by atoms with van der Waals surface area (Å²) in [4.78, 5) is 1.87. The van der Waals surface area contributed by atoms with Gasteiger partial charge in [0.2, 0.25) is 0 Å². The van der Waals surface area contributed by atoms with Gasteiger partial charge in [0.25, 0.3) is 0 Å². The number of nitrogens with one attached hydrogen (secondary N) is 1. The van der Waals surface area contributed by atoms with Gasteiger partial charge in [0.1, 0.15) is 0 Å². The molecule has 0 aromatic heterocycles. The lowest BCUT2D eigenvalue weighted by Gasteiger charge is -2.23. The molecule has 1 aliphatic rings. The third-order valence-corrected chi connectivity index (χ3v) is 3.82. The van der Waals surface area contributed by atoms with Crippen molar-refractivity contribution in [3.63, 3.8) is 0 Å². The standard InChI is InChI=1S/C16H23F3N2/c1-12(2)9-20-10-13-7-8-21(11-13)15-6-4-3-5-14(15)16(17,18)19/h3-6,12-13,20H,7-11H2,1-2H3. The fraction of sp³-hybridized carbons (Fsp3) is 0.625. The van der Waals surface area contributed by atoms with E-state index in [4.69, 9.17) is 0 Å². The number of alkyl halides is 3. The molecule has 1 saturated heterocycles. The van der Waals surface area contributed by atoms with Gasteiger partial charge in [-0.05, 0) is 43.5 Å². The average molecular weight is 300 g/mol. The number of hydrogen-bond acceptors (Lipinski definition) is 2. The van der Waals surface area contributed by atoms with Crippen molar-refractivity contribution in [2.24, 2.45) is 11.8 Å². The molecule has 0 radical (unpaired) electrons. The number of para-hydroxylation sites is 1. The SMILES string of the molecule is CC(C)CNCC1CCN(c2ccccc2C(F)(F)F)C1. The molecular weight excluding hydrogens is 277 g/mol. The maximum atomic E-state index is 13.1. The van der Waals surface area contributed by atoms with E-state index in [-0.39, 0.29) is 0 Å². The molecule has 1 atom stereocenters. The molecule has 2 rings (SSSR count). The molecule has 1 fully saturated rings. The molecule has 0 spiro atoms. The van der Waals surface area contributed by atoms with Gasteiger partial charge in [0, 0.05) is 18.8 Å². The minimum absolute atomic E-state index is 0.316. The molecule has 0 amide bonds. The summed E-state index contributed by atoms with van der Waals surface area (Å²) < 4.78 is 39.2. The van der Waals surface area contributed by atoms with Gasteiger partial charge in [-0.3, -0.25) is 0 Å². The Balaban J connectivity index is 1.99. The van der Waals surface area contributed by atoms with E-state index in [0.717, 1.165) is 19.5 Å². The van der Waals surface area contributed by atoms with Crippen LogP contribution in [0, 0.1) is 11.8 Å². The first-order chi connectivity index (χ1) is 9.88. The number of hydrogen-bond donors (Lipinski definition) is 1. The van der Waals surface area contributed by atoms with E-state index < -0.39 is 11.7 Å². The second-order valence-electron chi connectivity index (χ2n) is 6.17. The Morgan fingerprint density at radius 1 is 1.29 bits per heavy atom. The first kappa shape index (κ1) is 16.1. The fourth-order valence-electron chi connectivity index (χ4n) is 2.78. The molecule has 1 unspecified atom stereocenters. The van der Waals surface area contributed by atoms with Gasteiger partial charge >= 0.3 is 6.18 Å². The molecule has 0 aliphatic carbocycles. The molecule has 21 heavy (non-hydrogen) atoms. The Morgan fingerprint density at radius 2 is 2.00 bits per heavy atom. The van der Waals surface area contributed by atoms with Crippen LogP contribution in [0.4, 0.5) is 18.9 Å². The summed E-state index contributed by atoms with van der Waals surface area (Å²) in [6.07, 6.45) is -3.35. The van der Waals surface area contributed by atoms with Crippen molar-refractivity contribution in [2.45, 2.75) is 26.4 Å². The minimum Gasteiger partial charge on any atom is -0.371 e. The summed E-state index contributed by atoms with van der Waals surface area (Å²) in [7, 11) is 0. The van der Waals surface area contributed by atoms with Gasteiger partial charge in [-0.2, -0.15) is 13.2 Å². The predicted molar refractivity (Wildman–Crippen MR) is 79.5 cm³/mol. The van der Waals surface area contributed by atoms with E-state index in [9.17, 15) is 13.2 Å². The third-order valence-electron chi connectivity index (χ3n) is 3.82. The molecule has 1 aromatic carbocycles. The molecule has 1 N–H and O–H groups in total. The maximum Gasteiger partial charge on any atom is 0.418 e. The lowest BCUT2D eigenvalue weighted by atomic mass is 10.1. The van der Waals surface area contributed by atoms with Crippen molar-refractivity contribution in [2.75, 3.05) is 31.1 Å². The fourth-order valence-corrected chi connectivity index (χ4v) is 2.78. The summed E-state index contributed by atoms with van der Waals surface area (Å²) in [5.74, 6) is 1.01. The summed E-state index contributed by atoms with van der Waals surface area (Å²) in [6, 6.07) is 5.87. The Kier molecular flexibility index (Phi) is 5.14. The Morgan fingerprint density at radius 3 is 2.67 bits per heavy atom. The lowest BCUT2D eigenvalue weighted by molar-refractivity contribution is -0.137. The minimum atomic E-state index is -4.29. The molecule has 118 valence electrons. The molecule has 1 aromatic rings. The zero-order chi connectivity index (χ0) is 15.5. The molecule has 1 heterocycles.